The third-order valence-corrected chi connectivity index (χ3v) is 4.25. The van der Waals surface area contributed by atoms with Crippen LogP contribution in [-0.4, -0.2) is 36.6 Å². The number of nitrogens with one attached hydrogen (secondary N) is 2. The molecule has 138 valence electrons. The van der Waals surface area contributed by atoms with Crippen molar-refractivity contribution in [3.8, 4) is 11.5 Å². The van der Waals surface area contributed by atoms with Gasteiger partial charge in [-0.2, -0.15) is 0 Å². The van der Waals surface area contributed by atoms with E-state index in [0.29, 0.717) is 30.3 Å². The number of hydrogen-bond acceptors (Lipinski definition) is 5. The zero-order valence-electron chi connectivity index (χ0n) is 15.0. The molecule has 26 heavy (non-hydrogen) atoms. The first-order valence-corrected chi connectivity index (χ1v) is 9.06. The van der Waals surface area contributed by atoms with Crippen LogP contribution in [0, 0.1) is 0 Å². The van der Waals surface area contributed by atoms with E-state index < -0.39 is 0 Å². The predicted molar refractivity (Wildman–Crippen MR) is 99.5 cm³/mol. The molecule has 2 heterocycles. The Kier molecular flexibility index (Phi) is 6.44. The quantitative estimate of drug-likeness (QED) is 0.799. The second kappa shape index (κ2) is 9.20. The Morgan fingerprint density at radius 1 is 1.31 bits per heavy atom. The van der Waals surface area contributed by atoms with Crippen molar-refractivity contribution in [1.29, 1.82) is 0 Å². The third-order valence-electron chi connectivity index (χ3n) is 4.25. The lowest BCUT2D eigenvalue weighted by atomic mass is 10.1. The average Bonchev–Trinajstić information content (AvgIpc) is 2.69. The van der Waals surface area contributed by atoms with Crippen molar-refractivity contribution in [2.45, 2.75) is 32.4 Å². The van der Waals surface area contributed by atoms with Crippen molar-refractivity contribution < 1.29 is 14.3 Å². The fourth-order valence-corrected chi connectivity index (χ4v) is 2.93. The third kappa shape index (κ3) is 4.95. The van der Waals surface area contributed by atoms with Crippen molar-refractivity contribution in [3.63, 3.8) is 0 Å². The zero-order chi connectivity index (χ0) is 18.2. The Morgan fingerprint density at radius 2 is 2.23 bits per heavy atom. The summed E-state index contributed by atoms with van der Waals surface area (Å²) in [5.74, 6) is 1.11. The number of rotatable bonds is 7. The molecule has 0 radical (unpaired) electrons. The van der Waals surface area contributed by atoms with Gasteiger partial charge in [-0.1, -0.05) is 6.07 Å². The van der Waals surface area contributed by atoms with Gasteiger partial charge >= 0.3 is 0 Å². The molecule has 0 bridgehead atoms. The molecule has 2 N–H and O–H groups in total. The van der Waals surface area contributed by atoms with Crippen molar-refractivity contribution in [2.24, 2.45) is 0 Å². The molecule has 1 saturated heterocycles. The molecular weight excluding hydrogens is 330 g/mol. The number of carbonyl (C=O) groups excluding carboxylic acids is 1. The molecule has 1 atom stereocenters. The summed E-state index contributed by atoms with van der Waals surface area (Å²) in [6, 6.07) is 9.30. The highest BCUT2D eigenvalue weighted by atomic mass is 16.5. The first-order valence-electron chi connectivity index (χ1n) is 9.06. The fraction of sp³-hybridized carbons (Fsp3) is 0.400. The highest BCUT2D eigenvalue weighted by Crippen LogP contribution is 2.29. The van der Waals surface area contributed by atoms with Gasteiger partial charge in [0, 0.05) is 36.1 Å². The number of carbonyl (C=O) groups is 1. The lowest BCUT2D eigenvalue weighted by Crippen LogP contribution is -2.45. The first-order chi connectivity index (χ1) is 12.8. The standard InChI is InChI=1S/C20H25N3O3/c1-2-25-19-11-16(20(24)23-17-6-4-10-22-13-17)7-8-18(19)26-14-15-5-3-9-21-12-15/h3,5,7-9,11-12,17,22H,2,4,6,10,13-14H2,1H3,(H,23,24)/t17-/m0/s1. The van der Waals surface area contributed by atoms with Gasteiger partial charge in [0.1, 0.15) is 6.61 Å². The van der Waals surface area contributed by atoms with E-state index in [0.717, 1.165) is 31.5 Å². The topological polar surface area (TPSA) is 72.5 Å². The van der Waals surface area contributed by atoms with E-state index in [1.807, 2.05) is 19.1 Å². The molecule has 6 heteroatoms. The highest BCUT2D eigenvalue weighted by Gasteiger charge is 2.18. The maximum Gasteiger partial charge on any atom is 0.251 e. The first kappa shape index (κ1) is 18.2. The van der Waals surface area contributed by atoms with Crippen LogP contribution < -0.4 is 20.1 Å². The maximum absolute atomic E-state index is 12.5. The lowest BCUT2D eigenvalue weighted by molar-refractivity contribution is 0.0930. The Labute approximate surface area is 153 Å². The van der Waals surface area contributed by atoms with Crippen LogP contribution >= 0.6 is 0 Å². The molecule has 3 rings (SSSR count). The smallest absolute Gasteiger partial charge is 0.251 e. The van der Waals surface area contributed by atoms with E-state index in [1.54, 1.807) is 30.6 Å². The van der Waals surface area contributed by atoms with Crippen LogP contribution in [-0.2, 0) is 6.61 Å². The van der Waals surface area contributed by atoms with E-state index in [9.17, 15) is 4.79 Å². The molecule has 1 aliphatic heterocycles. The fourth-order valence-electron chi connectivity index (χ4n) is 2.93. The number of benzene rings is 1. The van der Waals surface area contributed by atoms with E-state index in [-0.39, 0.29) is 11.9 Å². The van der Waals surface area contributed by atoms with Crippen LogP contribution in [0.3, 0.4) is 0 Å². The summed E-state index contributed by atoms with van der Waals surface area (Å²) in [4.78, 5) is 16.6. The zero-order valence-corrected chi connectivity index (χ0v) is 15.0. The van der Waals surface area contributed by atoms with Gasteiger partial charge in [-0.25, -0.2) is 0 Å². The van der Waals surface area contributed by atoms with Gasteiger partial charge in [0.2, 0.25) is 0 Å². The summed E-state index contributed by atoms with van der Waals surface area (Å²) in [6.07, 6.45) is 5.57. The predicted octanol–water partition coefficient (Wildman–Crippen LogP) is 2.54. The van der Waals surface area contributed by atoms with Crippen LogP contribution in [0.25, 0.3) is 0 Å². The molecule has 0 saturated carbocycles. The minimum Gasteiger partial charge on any atom is -0.490 e. The molecule has 6 nitrogen and oxygen atoms in total. The molecule has 0 spiro atoms. The summed E-state index contributed by atoms with van der Waals surface area (Å²) < 4.78 is 11.5. The summed E-state index contributed by atoms with van der Waals surface area (Å²) in [5, 5.41) is 6.38. The SMILES string of the molecule is CCOc1cc(C(=O)N[C@H]2CCCNC2)ccc1OCc1cccnc1. The number of hydrogen-bond donors (Lipinski definition) is 2. The summed E-state index contributed by atoms with van der Waals surface area (Å²) in [7, 11) is 0. The average molecular weight is 355 g/mol. The monoisotopic (exact) mass is 355 g/mol. The second-order valence-corrected chi connectivity index (χ2v) is 6.26. The van der Waals surface area contributed by atoms with Crippen molar-refractivity contribution in [1.82, 2.24) is 15.6 Å². The Bertz CT molecular complexity index is 715. The van der Waals surface area contributed by atoms with Gasteiger partial charge in [-0.3, -0.25) is 9.78 Å². The van der Waals surface area contributed by atoms with Gasteiger partial charge in [0.25, 0.3) is 5.91 Å². The van der Waals surface area contributed by atoms with Crippen LogP contribution in [0.2, 0.25) is 0 Å². The van der Waals surface area contributed by atoms with E-state index in [4.69, 9.17) is 9.47 Å². The van der Waals surface area contributed by atoms with Crippen LogP contribution in [0.5, 0.6) is 11.5 Å². The molecule has 0 unspecified atom stereocenters. The Balaban J connectivity index is 1.67. The molecule has 1 aliphatic rings. The number of ether oxygens (including phenoxy) is 2. The van der Waals surface area contributed by atoms with Crippen molar-refractivity contribution in [2.75, 3.05) is 19.7 Å². The number of amides is 1. The molecule has 1 fully saturated rings. The van der Waals surface area contributed by atoms with Crippen LogP contribution in [0.4, 0.5) is 0 Å². The molecular formula is C20H25N3O3. The van der Waals surface area contributed by atoms with Gasteiger partial charge < -0.3 is 20.1 Å². The van der Waals surface area contributed by atoms with E-state index >= 15 is 0 Å². The Morgan fingerprint density at radius 3 is 2.96 bits per heavy atom. The van der Waals surface area contributed by atoms with Crippen molar-refractivity contribution >= 4 is 5.91 Å². The van der Waals surface area contributed by atoms with E-state index in [2.05, 4.69) is 15.6 Å². The molecule has 1 aromatic carbocycles. The van der Waals surface area contributed by atoms with Gasteiger partial charge in [0.05, 0.1) is 6.61 Å². The summed E-state index contributed by atoms with van der Waals surface area (Å²) in [6.45, 7) is 4.64. The molecule has 1 amide bonds. The van der Waals surface area contributed by atoms with Crippen LogP contribution in [0.15, 0.2) is 42.7 Å². The van der Waals surface area contributed by atoms with Gasteiger partial charge in [-0.15, -0.1) is 0 Å². The lowest BCUT2D eigenvalue weighted by Gasteiger charge is -2.24. The number of piperidine rings is 1. The summed E-state index contributed by atoms with van der Waals surface area (Å²) in [5.41, 5.74) is 1.55. The Hall–Kier alpha value is -2.60. The highest BCUT2D eigenvalue weighted by molar-refractivity contribution is 5.95. The molecule has 2 aromatic rings. The largest absolute Gasteiger partial charge is 0.490 e. The minimum absolute atomic E-state index is 0.0848. The second-order valence-electron chi connectivity index (χ2n) is 6.26. The molecule has 0 aliphatic carbocycles. The maximum atomic E-state index is 12.5. The normalized spacial score (nSPS) is 16.7. The van der Waals surface area contributed by atoms with Gasteiger partial charge in [0.15, 0.2) is 11.5 Å². The number of pyridine rings is 1. The summed E-state index contributed by atoms with van der Waals surface area (Å²) >= 11 is 0. The molecule has 1 aromatic heterocycles. The number of aromatic nitrogens is 1. The van der Waals surface area contributed by atoms with E-state index in [1.165, 1.54) is 0 Å². The van der Waals surface area contributed by atoms with Gasteiger partial charge in [-0.05, 0) is 50.6 Å². The van der Waals surface area contributed by atoms with Crippen LogP contribution in [0.1, 0.15) is 35.7 Å². The number of nitrogens with zero attached hydrogens (tertiary/aromatic N) is 1. The van der Waals surface area contributed by atoms with Crippen molar-refractivity contribution in [3.05, 3.63) is 53.9 Å². The minimum atomic E-state index is -0.0848.